The summed E-state index contributed by atoms with van der Waals surface area (Å²) in [6.07, 6.45) is 0. The predicted molar refractivity (Wildman–Crippen MR) is 100 cm³/mol. The van der Waals surface area contributed by atoms with Gasteiger partial charge in [0, 0.05) is 11.3 Å². The number of halogens is 3. The van der Waals surface area contributed by atoms with Gasteiger partial charge in [-0.15, -0.1) is 11.3 Å². The van der Waals surface area contributed by atoms with Crippen LogP contribution in [-0.2, 0) is 5.75 Å². The van der Waals surface area contributed by atoms with Gasteiger partial charge >= 0.3 is 0 Å². The van der Waals surface area contributed by atoms with Gasteiger partial charge in [-0.05, 0) is 22.0 Å². The van der Waals surface area contributed by atoms with Crippen LogP contribution in [0.25, 0.3) is 10.3 Å². The number of rotatable bonds is 7. The molecular weight excluding hydrogens is 450 g/mol. The minimum absolute atomic E-state index is 0.142. The normalized spacial score (nSPS) is 11.5. The molecule has 26 heavy (non-hydrogen) atoms. The first kappa shape index (κ1) is 19.4. The topological polar surface area (TPSA) is 91.2 Å². The Kier molecular flexibility index (Phi) is 6.35. The third-order valence-corrected chi connectivity index (χ3v) is 5.78. The van der Waals surface area contributed by atoms with Crippen LogP contribution in [0.1, 0.15) is 5.56 Å². The lowest BCUT2D eigenvalue weighted by Gasteiger charge is -2.14. The zero-order valence-electron chi connectivity index (χ0n) is 13.1. The molecule has 0 saturated carbocycles. The third-order valence-electron chi connectivity index (χ3n) is 3.38. The van der Waals surface area contributed by atoms with Crippen molar-refractivity contribution in [3.63, 3.8) is 0 Å². The lowest BCUT2D eigenvalue weighted by molar-refractivity contribution is 0.203. The number of benzene rings is 1. The van der Waals surface area contributed by atoms with E-state index < -0.39 is 17.7 Å². The van der Waals surface area contributed by atoms with Gasteiger partial charge in [0.15, 0.2) is 32.2 Å². The summed E-state index contributed by atoms with van der Waals surface area (Å²) in [4.78, 5) is 12.9. The number of nitrogens with one attached hydrogen (secondary N) is 1. The Bertz CT molecular complexity index is 924. The first-order valence-electron chi connectivity index (χ1n) is 7.39. The molecule has 0 unspecified atom stereocenters. The quantitative estimate of drug-likeness (QED) is 0.366. The monoisotopic (exact) mass is 462 g/mol. The lowest BCUT2D eigenvalue weighted by atomic mass is 10.2. The molecule has 3 N–H and O–H groups in total. The van der Waals surface area contributed by atoms with E-state index in [1.54, 1.807) is 0 Å². The van der Waals surface area contributed by atoms with Crippen LogP contribution in [0.4, 0.5) is 14.6 Å². The highest BCUT2D eigenvalue weighted by Gasteiger charge is 2.17. The molecule has 11 heteroatoms. The molecule has 0 bridgehead atoms. The first-order valence-corrected chi connectivity index (χ1v) is 9.99. The lowest BCUT2D eigenvalue weighted by Crippen LogP contribution is -2.28. The molecule has 0 aliphatic rings. The van der Waals surface area contributed by atoms with Crippen molar-refractivity contribution in [1.29, 1.82) is 0 Å². The number of thioether (sulfide) groups is 1. The highest BCUT2D eigenvalue weighted by molar-refractivity contribution is 9.11. The van der Waals surface area contributed by atoms with E-state index in [9.17, 15) is 19.0 Å². The molecule has 0 aliphatic heterocycles. The molecule has 138 valence electrons. The van der Waals surface area contributed by atoms with Crippen molar-refractivity contribution in [2.75, 3.05) is 18.5 Å². The number of aliphatic hydroxyl groups is 2. The van der Waals surface area contributed by atoms with E-state index in [-0.39, 0.29) is 24.5 Å². The molecule has 0 atom stereocenters. The molecule has 2 aromatic heterocycles. The fourth-order valence-electron chi connectivity index (χ4n) is 2.09. The standard InChI is InChI=1S/C15H13BrF2N4O2S2/c16-14-20-13-11(26-14)12(19-8(4-23)5-24)21-15(22-13)25-6-7-2-1-3-9(17)10(7)18/h1-3,8,23-24H,4-6H2,(H,19,21,22). The number of hydrogen-bond acceptors (Lipinski definition) is 8. The van der Waals surface area contributed by atoms with E-state index >= 15 is 0 Å². The second-order valence-corrected chi connectivity index (χ2v) is 8.40. The second kappa shape index (κ2) is 8.53. The summed E-state index contributed by atoms with van der Waals surface area (Å²) in [6.45, 7) is -0.558. The Morgan fingerprint density at radius 3 is 2.69 bits per heavy atom. The van der Waals surface area contributed by atoms with E-state index in [1.165, 1.54) is 23.5 Å². The van der Waals surface area contributed by atoms with Crippen molar-refractivity contribution >= 4 is 55.2 Å². The van der Waals surface area contributed by atoms with Crippen LogP contribution in [0.15, 0.2) is 27.3 Å². The molecule has 0 fully saturated rings. The number of hydrogen-bond donors (Lipinski definition) is 3. The Morgan fingerprint density at radius 2 is 1.96 bits per heavy atom. The van der Waals surface area contributed by atoms with Gasteiger partial charge in [-0.3, -0.25) is 0 Å². The smallest absolute Gasteiger partial charge is 0.191 e. The summed E-state index contributed by atoms with van der Waals surface area (Å²) in [5, 5.41) is 21.8. The van der Waals surface area contributed by atoms with Crippen LogP contribution in [0.2, 0.25) is 0 Å². The van der Waals surface area contributed by atoms with Gasteiger partial charge in [0.1, 0.15) is 4.70 Å². The van der Waals surface area contributed by atoms with Crippen molar-refractivity contribution in [3.05, 3.63) is 39.3 Å². The summed E-state index contributed by atoms with van der Waals surface area (Å²) >= 11 is 5.73. The van der Waals surface area contributed by atoms with Crippen LogP contribution in [0.5, 0.6) is 0 Å². The second-order valence-electron chi connectivity index (χ2n) is 5.18. The highest BCUT2D eigenvalue weighted by atomic mass is 79.9. The zero-order valence-corrected chi connectivity index (χ0v) is 16.3. The Hall–Kier alpha value is -1.40. The number of aromatic nitrogens is 3. The number of nitrogens with zero attached hydrogens (tertiary/aromatic N) is 3. The van der Waals surface area contributed by atoms with Gasteiger partial charge in [-0.1, -0.05) is 23.9 Å². The number of thiazole rings is 1. The summed E-state index contributed by atoms with van der Waals surface area (Å²) in [5.41, 5.74) is 0.632. The Balaban J connectivity index is 1.89. The number of aliphatic hydroxyl groups excluding tert-OH is 2. The van der Waals surface area contributed by atoms with Crippen LogP contribution in [0.3, 0.4) is 0 Å². The van der Waals surface area contributed by atoms with Gasteiger partial charge in [0.05, 0.1) is 19.3 Å². The molecule has 0 radical (unpaired) electrons. The van der Waals surface area contributed by atoms with Crippen molar-refractivity contribution in [1.82, 2.24) is 15.0 Å². The molecule has 0 aliphatic carbocycles. The van der Waals surface area contributed by atoms with Crippen LogP contribution in [-0.4, -0.2) is 44.4 Å². The largest absolute Gasteiger partial charge is 0.394 e. The van der Waals surface area contributed by atoms with E-state index in [1.807, 2.05) is 0 Å². The van der Waals surface area contributed by atoms with E-state index in [0.29, 0.717) is 25.2 Å². The molecular formula is C15H13BrF2N4O2S2. The van der Waals surface area contributed by atoms with Crippen molar-refractivity contribution in [3.8, 4) is 0 Å². The minimum atomic E-state index is -0.904. The fourth-order valence-corrected chi connectivity index (χ4v) is 4.24. The van der Waals surface area contributed by atoms with Gasteiger partial charge in [0.2, 0.25) is 0 Å². The van der Waals surface area contributed by atoms with Crippen LogP contribution < -0.4 is 5.32 Å². The maximum Gasteiger partial charge on any atom is 0.191 e. The van der Waals surface area contributed by atoms with Gasteiger partial charge in [-0.2, -0.15) is 0 Å². The van der Waals surface area contributed by atoms with Crippen molar-refractivity contribution < 1.29 is 19.0 Å². The van der Waals surface area contributed by atoms with Gasteiger partial charge in [0.25, 0.3) is 0 Å². The number of fused-ring (bicyclic) bond motifs is 1. The van der Waals surface area contributed by atoms with Crippen LogP contribution in [0, 0.1) is 11.6 Å². The summed E-state index contributed by atoms with van der Waals surface area (Å²) in [7, 11) is 0. The van der Waals surface area contributed by atoms with E-state index in [2.05, 4.69) is 36.2 Å². The average Bonchev–Trinajstić information content (AvgIpc) is 3.01. The first-order chi connectivity index (χ1) is 12.5. The molecule has 2 heterocycles. The zero-order chi connectivity index (χ0) is 18.7. The summed E-state index contributed by atoms with van der Waals surface area (Å²) in [6, 6.07) is 3.41. The van der Waals surface area contributed by atoms with E-state index in [0.717, 1.165) is 17.8 Å². The fraction of sp³-hybridized carbons (Fsp3) is 0.267. The minimum Gasteiger partial charge on any atom is -0.394 e. The maximum atomic E-state index is 13.8. The van der Waals surface area contributed by atoms with Gasteiger partial charge in [-0.25, -0.2) is 23.7 Å². The molecule has 6 nitrogen and oxygen atoms in total. The molecule has 0 spiro atoms. The summed E-state index contributed by atoms with van der Waals surface area (Å²) < 4.78 is 28.4. The number of anilines is 1. The molecule has 3 rings (SSSR count). The van der Waals surface area contributed by atoms with E-state index in [4.69, 9.17) is 0 Å². The Labute approximate surface area is 163 Å². The van der Waals surface area contributed by atoms with Crippen LogP contribution >= 0.6 is 39.0 Å². The SMILES string of the molecule is OCC(CO)Nc1nc(SCc2cccc(F)c2F)nc2nc(Br)sc12. The maximum absolute atomic E-state index is 13.8. The Morgan fingerprint density at radius 1 is 1.19 bits per heavy atom. The summed E-state index contributed by atoms with van der Waals surface area (Å²) in [5.74, 6) is -1.24. The highest BCUT2D eigenvalue weighted by Crippen LogP contribution is 2.33. The molecule has 0 saturated heterocycles. The van der Waals surface area contributed by atoms with Crippen molar-refractivity contribution in [2.45, 2.75) is 17.0 Å². The van der Waals surface area contributed by atoms with Crippen molar-refractivity contribution in [2.24, 2.45) is 0 Å². The molecule has 1 aromatic carbocycles. The predicted octanol–water partition coefficient (Wildman–Crippen LogP) is 3.18. The average molecular weight is 463 g/mol. The molecule has 3 aromatic rings. The molecule has 0 amide bonds. The third kappa shape index (κ3) is 4.29. The van der Waals surface area contributed by atoms with Gasteiger partial charge < -0.3 is 15.5 Å².